The number of ether oxygens (including phenoxy) is 1. The Morgan fingerprint density at radius 2 is 1.79 bits per heavy atom. The third-order valence-corrected chi connectivity index (χ3v) is 7.88. The number of aliphatic hydroxyl groups is 1. The molecule has 0 unspecified atom stereocenters. The molecule has 33 heavy (non-hydrogen) atoms. The molecular weight excluding hydrogens is 442 g/mol. The molecule has 1 amide bonds. The molecule has 2 aromatic carbocycles. The van der Waals surface area contributed by atoms with Crippen LogP contribution in [0.1, 0.15) is 24.2 Å². The number of nitrogens with zero attached hydrogens (tertiary/aromatic N) is 3. The lowest BCUT2D eigenvalue weighted by atomic mass is 9.99. The van der Waals surface area contributed by atoms with Crippen molar-refractivity contribution in [2.24, 2.45) is 5.92 Å². The first kappa shape index (κ1) is 25.0. The van der Waals surface area contributed by atoms with E-state index < -0.39 is 16.1 Å². The fourth-order valence-electron chi connectivity index (χ4n) is 3.92. The number of likely N-dealkylation sites (N-methyl/N-ethyl adjacent to an activating group) is 1. The second-order valence-electron chi connectivity index (χ2n) is 8.77. The van der Waals surface area contributed by atoms with Gasteiger partial charge in [0.25, 0.3) is 5.91 Å². The first-order valence-corrected chi connectivity index (χ1v) is 12.4. The standard InChI is InChI=1S/C24H33N3O5S/c1-17-14-27(18(2)16-28)24(29)20-12-9-13-21(25(3)4)23(20)32-22(17)15-26(5)33(30,31)19-10-7-6-8-11-19/h6-13,17-18,22,28H,14-16H2,1-5H3/t17-,18+,22-/m1/s1. The number of aliphatic hydroxyl groups excluding tert-OH is 1. The van der Waals surface area contributed by atoms with Crippen molar-refractivity contribution in [1.82, 2.24) is 9.21 Å². The Balaban J connectivity index is 2.02. The topological polar surface area (TPSA) is 90.4 Å². The van der Waals surface area contributed by atoms with Gasteiger partial charge in [-0.05, 0) is 31.2 Å². The number of anilines is 1. The Morgan fingerprint density at radius 3 is 2.39 bits per heavy atom. The molecule has 0 aliphatic carbocycles. The first-order chi connectivity index (χ1) is 15.6. The molecule has 0 saturated heterocycles. The average Bonchev–Trinajstić information content (AvgIpc) is 2.80. The Morgan fingerprint density at radius 1 is 1.12 bits per heavy atom. The number of sulfonamides is 1. The Kier molecular flexibility index (Phi) is 7.66. The third-order valence-electron chi connectivity index (χ3n) is 6.04. The quantitative estimate of drug-likeness (QED) is 0.661. The zero-order valence-corrected chi connectivity index (χ0v) is 20.6. The number of carbonyl (C=O) groups is 1. The van der Waals surface area contributed by atoms with E-state index in [9.17, 15) is 18.3 Å². The Bertz CT molecular complexity index is 1070. The number of rotatable bonds is 7. The molecule has 1 heterocycles. The zero-order valence-electron chi connectivity index (χ0n) is 19.8. The SMILES string of the molecule is C[C@@H]1CN([C@@H](C)CO)C(=O)c2cccc(N(C)C)c2O[C@@H]1CN(C)S(=O)(=O)c1ccccc1. The summed E-state index contributed by atoms with van der Waals surface area (Å²) in [6.07, 6.45) is -0.519. The van der Waals surface area contributed by atoms with Crippen LogP contribution in [0.5, 0.6) is 5.75 Å². The van der Waals surface area contributed by atoms with Gasteiger partial charge >= 0.3 is 0 Å². The van der Waals surface area contributed by atoms with Crippen molar-refractivity contribution in [3.63, 3.8) is 0 Å². The Labute approximate surface area is 196 Å². The lowest BCUT2D eigenvalue weighted by Gasteiger charge is -2.38. The van der Waals surface area contributed by atoms with Gasteiger partial charge in [0, 0.05) is 33.6 Å². The van der Waals surface area contributed by atoms with E-state index in [1.54, 1.807) is 54.3 Å². The summed E-state index contributed by atoms with van der Waals surface area (Å²) in [6.45, 7) is 3.99. The number of fused-ring (bicyclic) bond motifs is 1. The van der Waals surface area contributed by atoms with Crippen LogP contribution in [0.15, 0.2) is 53.4 Å². The van der Waals surface area contributed by atoms with Gasteiger partial charge in [0.15, 0.2) is 5.75 Å². The van der Waals surface area contributed by atoms with E-state index in [4.69, 9.17) is 4.74 Å². The van der Waals surface area contributed by atoms with Crippen LogP contribution in [0.4, 0.5) is 5.69 Å². The minimum absolute atomic E-state index is 0.106. The number of hydrogen-bond donors (Lipinski definition) is 1. The van der Waals surface area contributed by atoms with Crippen molar-refractivity contribution in [2.75, 3.05) is 45.7 Å². The molecule has 9 heteroatoms. The minimum Gasteiger partial charge on any atom is -0.486 e. The van der Waals surface area contributed by atoms with Crippen LogP contribution in [-0.4, -0.2) is 81.6 Å². The predicted molar refractivity (Wildman–Crippen MR) is 128 cm³/mol. The van der Waals surface area contributed by atoms with E-state index >= 15 is 0 Å². The molecule has 8 nitrogen and oxygen atoms in total. The number of benzene rings is 2. The molecule has 0 saturated carbocycles. The monoisotopic (exact) mass is 475 g/mol. The molecule has 3 rings (SSSR count). The summed E-state index contributed by atoms with van der Waals surface area (Å²) >= 11 is 0. The maximum Gasteiger partial charge on any atom is 0.258 e. The van der Waals surface area contributed by atoms with Crippen LogP contribution in [-0.2, 0) is 10.0 Å². The third kappa shape index (κ3) is 5.15. The maximum absolute atomic E-state index is 13.4. The van der Waals surface area contributed by atoms with Gasteiger partial charge in [-0.2, -0.15) is 4.31 Å². The van der Waals surface area contributed by atoms with Gasteiger partial charge in [0.1, 0.15) is 6.10 Å². The van der Waals surface area contributed by atoms with E-state index in [1.165, 1.54) is 11.4 Å². The van der Waals surface area contributed by atoms with E-state index in [0.29, 0.717) is 17.9 Å². The van der Waals surface area contributed by atoms with Gasteiger partial charge in [0.2, 0.25) is 10.0 Å². The largest absolute Gasteiger partial charge is 0.486 e. The van der Waals surface area contributed by atoms with Gasteiger partial charge in [-0.1, -0.05) is 31.2 Å². The van der Waals surface area contributed by atoms with Crippen molar-refractivity contribution in [3.8, 4) is 5.75 Å². The minimum atomic E-state index is -3.71. The van der Waals surface area contributed by atoms with E-state index in [1.807, 2.05) is 32.0 Å². The smallest absolute Gasteiger partial charge is 0.258 e. The van der Waals surface area contributed by atoms with Crippen LogP contribution in [0.2, 0.25) is 0 Å². The number of hydrogen-bond acceptors (Lipinski definition) is 6. The first-order valence-electron chi connectivity index (χ1n) is 11.0. The van der Waals surface area contributed by atoms with Crippen LogP contribution in [0.3, 0.4) is 0 Å². The van der Waals surface area contributed by atoms with E-state index in [0.717, 1.165) is 5.69 Å². The summed E-state index contributed by atoms with van der Waals surface area (Å²) in [6, 6.07) is 13.3. The normalized spacial score (nSPS) is 20.0. The number of carbonyl (C=O) groups excluding carboxylic acids is 1. The van der Waals surface area contributed by atoms with E-state index in [-0.39, 0.29) is 35.9 Å². The second kappa shape index (κ2) is 10.1. The molecule has 0 fully saturated rings. The van der Waals surface area contributed by atoms with Gasteiger partial charge in [-0.15, -0.1) is 0 Å². The van der Waals surface area contributed by atoms with Crippen LogP contribution >= 0.6 is 0 Å². The molecule has 1 aliphatic heterocycles. The second-order valence-corrected chi connectivity index (χ2v) is 10.8. The zero-order chi connectivity index (χ0) is 24.3. The summed E-state index contributed by atoms with van der Waals surface area (Å²) in [7, 11) is 1.55. The molecule has 1 aliphatic rings. The molecule has 1 N–H and O–H groups in total. The van der Waals surface area contributed by atoms with E-state index in [2.05, 4.69) is 0 Å². The lowest BCUT2D eigenvalue weighted by Crippen LogP contribution is -2.50. The summed E-state index contributed by atoms with van der Waals surface area (Å²) in [5, 5.41) is 9.77. The fourth-order valence-corrected chi connectivity index (χ4v) is 5.13. The summed E-state index contributed by atoms with van der Waals surface area (Å²) in [5.74, 6) is 0.00949. The summed E-state index contributed by atoms with van der Waals surface area (Å²) in [4.78, 5) is 17.1. The van der Waals surface area contributed by atoms with Gasteiger partial charge in [-0.3, -0.25) is 4.79 Å². The Hall–Kier alpha value is -2.62. The van der Waals surface area contributed by atoms with Crippen LogP contribution < -0.4 is 9.64 Å². The lowest BCUT2D eigenvalue weighted by molar-refractivity contribution is 0.0388. The molecule has 0 bridgehead atoms. The van der Waals surface area contributed by atoms with Crippen LogP contribution in [0.25, 0.3) is 0 Å². The van der Waals surface area contributed by atoms with Crippen molar-refractivity contribution in [1.29, 1.82) is 0 Å². The van der Waals surface area contributed by atoms with Crippen LogP contribution in [0, 0.1) is 5.92 Å². The highest BCUT2D eigenvalue weighted by Gasteiger charge is 2.36. The maximum atomic E-state index is 13.4. The van der Waals surface area contributed by atoms with Gasteiger partial charge in [0.05, 0.1) is 35.3 Å². The highest BCUT2D eigenvalue weighted by atomic mass is 32.2. The predicted octanol–water partition coefficient (Wildman–Crippen LogP) is 2.29. The molecule has 0 radical (unpaired) electrons. The van der Waals surface area contributed by atoms with Crippen molar-refractivity contribution >= 4 is 21.6 Å². The molecule has 0 aromatic heterocycles. The molecule has 180 valence electrons. The molecular formula is C24H33N3O5S. The average molecular weight is 476 g/mol. The van der Waals surface area contributed by atoms with Gasteiger partial charge < -0.3 is 19.6 Å². The molecule has 2 aromatic rings. The summed E-state index contributed by atoms with van der Waals surface area (Å²) < 4.78 is 34.0. The highest BCUT2D eigenvalue weighted by Crippen LogP contribution is 2.36. The molecule has 3 atom stereocenters. The van der Waals surface area contributed by atoms with Crippen molar-refractivity contribution < 1.29 is 23.1 Å². The summed E-state index contributed by atoms with van der Waals surface area (Å²) in [5.41, 5.74) is 1.12. The molecule has 0 spiro atoms. The fraction of sp³-hybridized carbons (Fsp3) is 0.458. The van der Waals surface area contributed by atoms with Crippen molar-refractivity contribution in [2.45, 2.75) is 30.9 Å². The highest BCUT2D eigenvalue weighted by molar-refractivity contribution is 7.89. The number of para-hydroxylation sites is 1. The van der Waals surface area contributed by atoms with Gasteiger partial charge in [-0.25, -0.2) is 8.42 Å². The number of amides is 1. The van der Waals surface area contributed by atoms with Crippen molar-refractivity contribution in [3.05, 3.63) is 54.1 Å².